The van der Waals surface area contributed by atoms with E-state index in [0.717, 1.165) is 0 Å². The molecule has 1 fully saturated rings. The highest BCUT2D eigenvalue weighted by molar-refractivity contribution is 5.67. The van der Waals surface area contributed by atoms with Crippen molar-refractivity contribution < 1.29 is 42.8 Å². The highest BCUT2D eigenvalue weighted by Crippen LogP contribution is 2.30. The molecular weight excluding hydrogens is 324 g/mol. The molecule has 4 atom stereocenters. The Balaban J connectivity index is 3.06. The van der Waals surface area contributed by atoms with Crippen molar-refractivity contribution in [3.63, 3.8) is 0 Å². The minimum Gasteiger partial charge on any atom is -0.463 e. The average Bonchev–Trinajstić information content (AvgIpc) is 2.49. The Morgan fingerprint density at radius 2 is 1.50 bits per heavy atom. The van der Waals surface area contributed by atoms with Crippen LogP contribution in [0.2, 0.25) is 0 Å². The fourth-order valence-electron chi connectivity index (χ4n) is 2.58. The Morgan fingerprint density at radius 1 is 0.958 bits per heavy atom. The first-order valence-corrected chi connectivity index (χ1v) is 7.45. The standard InChI is InChI=1S/C15H24O9/c1-8(16)21-7-12-14(24-10(3)18)13(23-9(2)17)11(6-22-12)15(19-4)20-5/h11-15H,6-7H2,1-5H3/t11-,12+,13+,14+/m0/s1. The summed E-state index contributed by atoms with van der Waals surface area (Å²) in [5, 5.41) is 0. The van der Waals surface area contributed by atoms with Gasteiger partial charge in [0.15, 0.2) is 18.5 Å². The van der Waals surface area contributed by atoms with Gasteiger partial charge in [0.05, 0.1) is 12.5 Å². The van der Waals surface area contributed by atoms with E-state index in [0.29, 0.717) is 0 Å². The summed E-state index contributed by atoms with van der Waals surface area (Å²) in [6.45, 7) is 3.69. The predicted octanol–water partition coefficient (Wildman–Crippen LogP) is 0.0468. The third-order valence-corrected chi connectivity index (χ3v) is 3.48. The van der Waals surface area contributed by atoms with E-state index in [2.05, 4.69) is 0 Å². The van der Waals surface area contributed by atoms with Crippen LogP contribution in [0.3, 0.4) is 0 Å². The molecule has 9 nitrogen and oxygen atoms in total. The summed E-state index contributed by atoms with van der Waals surface area (Å²) in [4.78, 5) is 34.0. The molecule has 1 heterocycles. The molecule has 0 bridgehead atoms. The summed E-state index contributed by atoms with van der Waals surface area (Å²) in [5.41, 5.74) is 0. The van der Waals surface area contributed by atoms with E-state index in [1.165, 1.54) is 35.0 Å². The number of hydrogen-bond acceptors (Lipinski definition) is 9. The lowest BCUT2D eigenvalue weighted by Crippen LogP contribution is -2.58. The topological polar surface area (TPSA) is 107 Å². The third-order valence-electron chi connectivity index (χ3n) is 3.48. The van der Waals surface area contributed by atoms with E-state index in [9.17, 15) is 14.4 Å². The maximum absolute atomic E-state index is 11.5. The molecule has 0 amide bonds. The van der Waals surface area contributed by atoms with Gasteiger partial charge in [-0.05, 0) is 0 Å². The first-order chi connectivity index (χ1) is 11.3. The fourth-order valence-corrected chi connectivity index (χ4v) is 2.58. The van der Waals surface area contributed by atoms with Crippen LogP contribution >= 0.6 is 0 Å². The quantitative estimate of drug-likeness (QED) is 0.358. The van der Waals surface area contributed by atoms with Crippen molar-refractivity contribution in [3.8, 4) is 0 Å². The molecule has 0 radical (unpaired) electrons. The Bertz CT molecular complexity index is 446. The third kappa shape index (κ3) is 5.73. The number of esters is 3. The van der Waals surface area contributed by atoms with Gasteiger partial charge in [-0.2, -0.15) is 0 Å². The van der Waals surface area contributed by atoms with Crippen LogP contribution in [0.1, 0.15) is 20.8 Å². The molecule has 1 aliphatic heterocycles. The second-order valence-electron chi connectivity index (χ2n) is 5.33. The number of carbonyl (C=O) groups excluding carboxylic acids is 3. The van der Waals surface area contributed by atoms with E-state index in [4.69, 9.17) is 28.4 Å². The summed E-state index contributed by atoms with van der Waals surface area (Å²) in [6.07, 6.45) is -3.34. The van der Waals surface area contributed by atoms with Crippen LogP contribution in [0, 0.1) is 5.92 Å². The van der Waals surface area contributed by atoms with Gasteiger partial charge < -0.3 is 28.4 Å². The molecule has 1 saturated heterocycles. The maximum Gasteiger partial charge on any atom is 0.303 e. The van der Waals surface area contributed by atoms with Crippen LogP contribution in [-0.2, 0) is 42.8 Å². The van der Waals surface area contributed by atoms with Crippen molar-refractivity contribution in [2.45, 2.75) is 45.4 Å². The molecular formula is C15H24O9. The zero-order valence-corrected chi connectivity index (χ0v) is 14.5. The minimum atomic E-state index is -0.961. The monoisotopic (exact) mass is 348 g/mol. The molecule has 0 aromatic heterocycles. The van der Waals surface area contributed by atoms with Crippen molar-refractivity contribution in [1.82, 2.24) is 0 Å². The van der Waals surface area contributed by atoms with Gasteiger partial charge in [-0.1, -0.05) is 0 Å². The molecule has 0 saturated carbocycles. The molecule has 0 unspecified atom stereocenters. The second-order valence-corrected chi connectivity index (χ2v) is 5.33. The van der Waals surface area contributed by atoms with Crippen molar-refractivity contribution in [1.29, 1.82) is 0 Å². The van der Waals surface area contributed by atoms with E-state index in [1.54, 1.807) is 0 Å². The van der Waals surface area contributed by atoms with Gasteiger partial charge in [-0.25, -0.2) is 0 Å². The molecule has 0 aromatic carbocycles. The zero-order chi connectivity index (χ0) is 18.3. The van der Waals surface area contributed by atoms with Crippen LogP contribution in [-0.4, -0.2) is 69.9 Å². The molecule has 0 spiro atoms. The van der Waals surface area contributed by atoms with Gasteiger partial charge in [0.1, 0.15) is 12.7 Å². The normalized spacial score (nSPS) is 26.8. The number of methoxy groups -OCH3 is 2. The summed E-state index contributed by atoms with van der Waals surface area (Å²) in [5.74, 6) is -2.17. The number of carbonyl (C=O) groups is 3. The zero-order valence-electron chi connectivity index (χ0n) is 14.5. The largest absolute Gasteiger partial charge is 0.463 e. The summed E-state index contributed by atoms with van der Waals surface area (Å²) < 4.78 is 31.6. The van der Waals surface area contributed by atoms with Crippen molar-refractivity contribution in [2.24, 2.45) is 5.92 Å². The highest BCUT2D eigenvalue weighted by atomic mass is 16.7. The Kier molecular flexibility index (Phi) is 8.09. The SMILES string of the molecule is COC(OC)[C@H]1CO[C@H](COC(C)=O)[C@@H](OC(C)=O)[C@@H]1OC(C)=O. The first-order valence-electron chi connectivity index (χ1n) is 7.45. The number of rotatable bonds is 7. The van der Waals surface area contributed by atoms with Crippen LogP contribution in [0.15, 0.2) is 0 Å². The molecule has 9 heteroatoms. The molecule has 138 valence electrons. The lowest BCUT2D eigenvalue weighted by atomic mass is 9.91. The fraction of sp³-hybridized carbons (Fsp3) is 0.800. The molecule has 1 rings (SSSR count). The number of ether oxygens (including phenoxy) is 6. The summed E-state index contributed by atoms with van der Waals surface area (Å²) in [6, 6.07) is 0. The summed E-state index contributed by atoms with van der Waals surface area (Å²) >= 11 is 0. The van der Waals surface area contributed by atoms with Crippen molar-refractivity contribution in [3.05, 3.63) is 0 Å². The second kappa shape index (κ2) is 9.55. The predicted molar refractivity (Wildman–Crippen MR) is 78.8 cm³/mol. The summed E-state index contributed by atoms with van der Waals surface area (Å²) in [7, 11) is 2.87. The Hall–Kier alpha value is -1.71. The van der Waals surface area contributed by atoms with Gasteiger partial charge in [-0.15, -0.1) is 0 Å². The van der Waals surface area contributed by atoms with Crippen LogP contribution < -0.4 is 0 Å². The van der Waals surface area contributed by atoms with Crippen molar-refractivity contribution in [2.75, 3.05) is 27.4 Å². The van der Waals surface area contributed by atoms with Crippen LogP contribution in [0.5, 0.6) is 0 Å². The van der Waals surface area contributed by atoms with E-state index in [-0.39, 0.29) is 13.2 Å². The molecule has 0 aliphatic carbocycles. The van der Waals surface area contributed by atoms with E-state index >= 15 is 0 Å². The van der Waals surface area contributed by atoms with Crippen molar-refractivity contribution >= 4 is 17.9 Å². The number of hydrogen-bond donors (Lipinski definition) is 0. The van der Waals surface area contributed by atoms with Gasteiger partial charge in [0.25, 0.3) is 0 Å². The minimum absolute atomic E-state index is 0.105. The lowest BCUT2D eigenvalue weighted by Gasteiger charge is -2.42. The molecule has 0 aromatic rings. The van der Waals surface area contributed by atoms with Gasteiger partial charge in [0, 0.05) is 35.0 Å². The lowest BCUT2D eigenvalue weighted by molar-refractivity contribution is -0.252. The van der Waals surface area contributed by atoms with Gasteiger partial charge in [0.2, 0.25) is 0 Å². The van der Waals surface area contributed by atoms with Crippen LogP contribution in [0.25, 0.3) is 0 Å². The van der Waals surface area contributed by atoms with Gasteiger partial charge >= 0.3 is 17.9 Å². The first kappa shape index (κ1) is 20.3. The van der Waals surface area contributed by atoms with E-state index in [1.807, 2.05) is 0 Å². The van der Waals surface area contributed by atoms with Crippen LogP contribution in [0.4, 0.5) is 0 Å². The Morgan fingerprint density at radius 3 is 1.96 bits per heavy atom. The Labute approximate surface area is 140 Å². The highest BCUT2D eigenvalue weighted by Gasteiger charge is 2.48. The average molecular weight is 348 g/mol. The smallest absolute Gasteiger partial charge is 0.303 e. The molecule has 0 N–H and O–H groups in total. The van der Waals surface area contributed by atoms with E-state index < -0.39 is 48.4 Å². The van der Waals surface area contributed by atoms with Gasteiger partial charge in [-0.3, -0.25) is 14.4 Å². The maximum atomic E-state index is 11.5. The molecule has 24 heavy (non-hydrogen) atoms. The molecule has 1 aliphatic rings.